The summed E-state index contributed by atoms with van der Waals surface area (Å²) in [6.45, 7) is 3.09. The van der Waals surface area contributed by atoms with Gasteiger partial charge in [-0.15, -0.1) is 0 Å². The molecule has 1 N–H and O–H groups in total. The van der Waals surface area contributed by atoms with Gasteiger partial charge in [-0.05, 0) is 12.3 Å². The van der Waals surface area contributed by atoms with E-state index < -0.39 is 6.10 Å². The number of carbonyl (C=O) groups is 1. The molecule has 0 aromatic carbocycles. The van der Waals surface area contributed by atoms with Crippen molar-refractivity contribution in [2.24, 2.45) is 5.92 Å². The number of aliphatic hydroxyl groups excluding tert-OH is 1. The monoisotopic (exact) mass is 227 g/mol. The van der Waals surface area contributed by atoms with E-state index in [0.717, 1.165) is 18.1 Å². The lowest BCUT2D eigenvalue weighted by atomic mass is 9.96. The molecule has 0 radical (unpaired) electrons. The van der Waals surface area contributed by atoms with Crippen LogP contribution in [0.4, 0.5) is 0 Å². The number of hydrogen-bond donors (Lipinski definition) is 1. The molecule has 0 aliphatic carbocycles. The predicted molar refractivity (Wildman–Crippen MR) is 55.6 cm³/mol. The van der Waals surface area contributed by atoms with Crippen LogP contribution >= 0.6 is 11.7 Å². The van der Waals surface area contributed by atoms with E-state index in [1.807, 2.05) is 6.92 Å². The van der Waals surface area contributed by atoms with E-state index in [9.17, 15) is 9.90 Å². The number of rotatable bonds is 1. The van der Waals surface area contributed by atoms with Crippen LogP contribution in [0.2, 0.25) is 0 Å². The first-order valence-electron chi connectivity index (χ1n) is 4.93. The van der Waals surface area contributed by atoms with Gasteiger partial charge in [0.25, 0.3) is 5.91 Å². The molecule has 5 nitrogen and oxygen atoms in total. The van der Waals surface area contributed by atoms with Gasteiger partial charge >= 0.3 is 0 Å². The molecule has 0 bridgehead atoms. The van der Waals surface area contributed by atoms with E-state index in [-0.39, 0.29) is 11.8 Å². The van der Waals surface area contributed by atoms with Crippen molar-refractivity contribution in [1.82, 2.24) is 13.6 Å². The summed E-state index contributed by atoms with van der Waals surface area (Å²) in [7, 11) is 0. The van der Waals surface area contributed by atoms with Gasteiger partial charge in [0.1, 0.15) is 0 Å². The van der Waals surface area contributed by atoms with Crippen molar-refractivity contribution in [1.29, 1.82) is 0 Å². The van der Waals surface area contributed by atoms with Crippen LogP contribution in [0.3, 0.4) is 0 Å². The Bertz CT molecular complexity index is 341. The Labute approximate surface area is 92.1 Å². The Morgan fingerprint density at radius 1 is 1.73 bits per heavy atom. The van der Waals surface area contributed by atoms with Crippen LogP contribution in [0.1, 0.15) is 23.8 Å². The number of piperidine rings is 1. The molecule has 1 aromatic heterocycles. The zero-order chi connectivity index (χ0) is 10.8. The fourth-order valence-electron chi connectivity index (χ4n) is 1.65. The number of carbonyl (C=O) groups excluding carboxylic acids is 1. The molecule has 15 heavy (non-hydrogen) atoms. The average molecular weight is 227 g/mol. The number of hydrogen-bond acceptors (Lipinski definition) is 5. The van der Waals surface area contributed by atoms with Crippen molar-refractivity contribution in [2.45, 2.75) is 19.4 Å². The lowest BCUT2D eigenvalue weighted by Gasteiger charge is -2.33. The van der Waals surface area contributed by atoms with Crippen molar-refractivity contribution in [2.75, 3.05) is 13.1 Å². The number of nitrogens with zero attached hydrogens (tertiary/aromatic N) is 3. The summed E-state index contributed by atoms with van der Waals surface area (Å²) in [5, 5.41) is 9.67. The second kappa shape index (κ2) is 4.24. The van der Waals surface area contributed by atoms with Gasteiger partial charge in [-0.25, -0.2) is 0 Å². The summed E-state index contributed by atoms with van der Waals surface area (Å²) in [6.07, 6.45) is 1.89. The van der Waals surface area contributed by atoms with Crippen LogP contribution in [0, 0.1) is 5.92 Å². The average Bonchev–Trinajstić information content (AvgIpc) is 2.74. The van der Waals surface area contributed by atoms with Gasteiger partial charge in [0.05, 0.1) is 24.0 Å². The third kappa shape index (κ3) is 2.15. The molecule has 2 heterocycles. The molecule has 6 heteroatoms. The lowest BCUT2D eigenvalue weighted by molar-refractivity contribution is 0.0246. The number of aromatic nitrogens is 2. The quantitative estimate of drug-likeness (QED) is 0.753. The Balaban J connectivity index is 2.03. The number of amides is 1. The van der Waals surface area contributed by atoms with Gasteiger partial charge in [-0.1, -0.05) is 6.92 Å². The van der Waals surface area contributed by atoms with Gasteiger partial charge in [-0.3, -0.25) is 4.79 Å². The first-order chi connectivity index (χ1) is 7.18. The lowest BCUT2D eigenvalue weighted by Crippen LogP contribution is -2.45. The summed E-state index contributed by atoms with van der Waals surface area (Å²) in [5.74, 6) is 0.136. The Hall–Kier alpha value is -1.01. The van der Waals surface area contributed by atoms with Gasteiger partial charge < -0.3 is 10.0 Å². The minimum Gasteiger partial charge on any atom is -0.391 e. The molecule has 0 spiro atoms. The zero-order valence-corrected chi connectivity index (χ0v) is 9.28. The molecule has 0 saturated carbocycles. The summed E-state index contributed by atoms with van der Waals surface area (Å²) in [6, 6.07) is 0. The second-order valence-corrected chi connectivity index (χ2v) is 4.43. The van der Waals surface area contributed by atoms with Gasteiger partial charge in [-0.2, -0.15) is 8.75 Å². The van der Waals surface area contributed by atoms with Crippen LogP contribution in [-0.2, 0) is 0 Å². The first kappa shape index (κ1) is 10.5. The van der Waals surface area contributed by atoms with Crippen molar-refractivity contribution >= 4 is 17.6 Å². The molecule has 1 amide bonds. The number of likely N-dealkylation sites (tertiary alicyclic amines) is 1. The molecular weight excluding hydrogens is 214 g/mol. The minimum atomic E-state index is -0.422. The van der Waals surface area contributed by atoms with E-state index in [2.05, 4.69) is 8.75 Å². The normalized spacial score (nSPS) is 26.7. The van der Waals surface area contributed by atoms with E-state index in [4.69, 9.17) is 0 Å². The topological polar surface area (TPSA) is 66.3 Å². The maximum absolute atomic E-state index is 11.8. The van der Waals surface area contributed by atoms with E-state index in [1.54, 1.807) is 4.90 Å². The van der Waals surface area contributed by atoms with E-state index >= 15 is 0 Å². The summed E-state index contributed by atoms with van der Waals surface area (Å²) < 4.78 is 7.69. The fraction of sp³-hybridized carbons (Fsp3) is 0.667. The second-order valence-electron chi connectivity index (χ2n) is 3.88. The maximum atomic E-state index is 11.8. The van der Waals surface area contributed by atoms with Crippen molar-refractivity contribution < 1.29 is 9.90 Å². The third-order valence-corrected chi connectivity index (χ3v) is 3.26. The molecule has 2 rings (SSSR count). The van der Waals surface area contributed by atoms with Crippen molar-refractivity contribution in [3.8, 4) is 0 Å². The molecule has 1 saturated heterocycles. The van der Waals surface area contributed by atoms with Gasteiger partial charge in [0, 0.05) is 13.1 Å². The van der Waals surface area contributed by atoms with Crippen molar-refractivity contribution in [3.05, 3.63) is 11.9 Å². The summed E-state index contributed by atoms with van der Waals surface area (Å²) in [5.41, 5.74) is 0.377. The fourth-order valence-corrected chi connectivity index (χ4v) is 2.06. The first-order valence-corrected chi connectivity index (χ1v) is 5.66. The van der Waals surface area contributed by atoms with Crippen molar-refractivity contribution in [3.63, 3.8) is 0 Å². The van der Waals surface area contributed by atoms with E-state index in [0.29, 0.717) is 18.8 Å². The predicted octanol–water partition coefficient (Wildman–Crippen LogP) is 0.381. The van der Waals surface area contributed by atoms with E-state index in [1.165, 1.54) is 6.20 Å². The number of aliphatic hydroxyl groups is 1. The van der Waals surface area contributed by atoms with Crippen LogP contribution in [0.15, 0.2) is 6.20 Å². The highest BCUT2D eigenvalue weighted by Gasteiger charge is 2.28. The minimum absolute atomic E-state index is 0.130. The maximum Gasteiger partial charge on any atom is 0.275 e. The molecule has 1 aromatic rings. The molecule has 1 fully saturated rings. The highest BCUT2D eigenvalue weighted by molar-refractivity contribution is 6.99. The molecular formula is C9H13N3O2S. The Morgan fingerprint density at radius 2 is 2.53 bits per heavy atom. The zero-order valence-electron chi connectivity index (χ0n) is 8.46. The highest BCUT2D eigenvalue weighted by Crippen LogP contribution is 2.18. The Kier molecular flexibility index (Phi) is 2.97. The molecule has 1 aliphatic heterocycles. The standard InChI is InChI=1S/C9H13N3O2S/c1-6-2-3-12(5-8(6)13)9(14)7-4-10-15-11-7/h4,6,8,13H,2-3,5H2,1H3. The SMILES string of the molecule is CC1CCN(C(=O)c2cnsn2)CC1O. The third-order valence-electron chi connectivity index (χ3n) is 2.79. The molecule has 82 valence electrons. The molecule has 2 unspecified atom stereocenters. The van der Waals surface area contributed by atoms with Gasteiger partial charge in [0.15, 0.2) is 5.69 Å². The number of β-amino-alcohol motifs (C(OH)–C–C–N with tert-alkyl or cyclic N) is 1. The van der Waals surface area contributed by atoms with Crippen LogP contribution in [0.5, 0.6) is 0 Å². The summed E-state index contributed by atoms with van der Waals surface area (Å²) in [4.78, 5) is 13.5. The van der Waals surface area contributed by atoms with Crippen LogP contribution in [-0.4, -0.2) is 43.9 Å². The van der Waals surface area contributed by atoms with Gasteiger partial charge in [0.2, 0.25) is 0 Å². The van der Waals surface area contributed by atoms with Crippen LogP contribution in [0.25, 0.3) is 0 Å². The largest absolute Gasteiger partial charge is 0.391 e. The smallest absolute Gasteiger partial charge is 0.275 e. The summed E-state index contributed by atoms with van der Waals surface area (Å²) >= 11 is 1.02. The molecule has 1 aliphatic rings. The Morgan fingerprint density at radius 3 is 3.13 bits per heavy atom. The van der Waals surface area contributed by atoms with Crippen LogP contribution < -0.4 is 0 Å². The molecule has 2 atom stereocenters. The highest BCUT2D eigenvalue weighted by atomic mass is 32.1.